The predicted octanol–water partition coefficient (Wildman–Crippen LogP) is 2.70. The van der Waals surface area contributed by atoms with Gasteiger partial charge in [-0.3, -0.25) is 0 Å². The van der Waals surface area contributed by atoms with Gasteiger partial charge in [0, 0.05) is 18.7 Å². The van der Waals surface area contributed by atoms with Crippen molar-refractivity contribution in [2.45, 2.75) is 39.2 Å². The van der Waals surface area contributed by atoms with E-state index in [-0.39, 0.29) is 0 Å². The zero-order valence-electron chi connectivity index (χ0n) is 13.2. The molecule has 1 saturated heterocycles. The topological polar surface area (TPSA) is 57.8 Å². The molecule has 5 heteroatoms. The zero-order chi connectivity index (χ0) is 15.7. The quantitative estimate of drug-likeness (QED) is 0.943. The van der Waals surface area contributed by atoms with E-state index < -0.39 is 5.97 Å². The zero-order valence-corrected chi connectivity index (χ0v) is 13.2. The number of likely N-dealkylation sites (tertiary alicyclic amines) is 1. The first-order valence-corrected chi connectivity index (χ1v) is 7.98. The number of fused-ring (bicyclic) bond motifs is 1. The Morgan fingerprint density at radius 2 is 2.14 bits per heavy atom. The Balaban J connectivity index is 1.75. The molecule has 3 rings (SSSR count). The van der Waals surface area contributed by atoms with E-state index >= 15 is 0 Å². The molecule has 0 unspecified atom stereocenters. The molecule has 118 valence electrons. The van der Waals surface area contributed by atoms with E-state index in [4.69, 9.17) is 0 Å². The van der Waals surface area contributed by atoms with Gasteiger partial charge in [-0.05, 0) is 57.8 Å². The van der Waals surface area contributed by atoms with Crippen LogP contribution in [0.15, 0.2) is 24.5 Å². The first-order valence-electron chi connectivity index (χ1n) is 7.98. The van der Waals surface area contributed by atoms with Crippen molar-refractivity contribution in [1.29, 1.82) is 0 Å². The summed E-state index contributed by atoms with van der Waals surface area (Å²) in [5.41, 5.74) is 1.00. The number of piperidine rings is 1. The van der Waals surface area contributed by atoms with Gasteiger partial charge in [0.25, 0.3) is 0 Å². The molecular formula is C17H23N3O2. The maximum absolute atomic E-state index is 11.3. The van der Waals surface area contributed by atoms with E-state index in [1.165, 1.54) is 12.8 Å². The number of pyridine rings is 1. The Labute approximate surface area is 130 Å². The van der Waals surface area contributed by atoms with Crippen molar-refractivity contribution in [3.63, 3.8) is 0 Å². The summed E-state index contributed by atoms with van der Waals surface area (Å²) in [4.78, 5) is 18.3. The maximum atomic E-state index is 11.3. The molecule has 22 heavy (non-hydrogen) atoms. The third-order valence-electron chi connectivity index (χ3n) is 4.73. The SMILES string of the molecule is CC(C)N1CCC(Cc2ncc3c(C(=O)O)cccn23)CC1. The molecule has 2 aromatic heterocycles. The highest BCUT2D eigenvalue weighted by Crippen LogP contribution is 2.23. The van der Waals surface area contributed by atoms with Gasteiger partial charge in [0.2, 0.25) is 0 Å². The van der Waals surface area contributed by atoms with Crippen molar-refractivity contribution in [2.75, 3.05) is 13.1 Å². The maximum Gasteiger partial charge on any atom is 0.337 e. The van der Waals surface area contributed by atoms with Gasteiger partial charge in [-0.15, -0.1) is 0 Å². The lowest BCUT2D eigenvalue weighted by Gasteiger charge is -2.34. The fraction of sp³-hybridized carbons (Fsp3) is 0.529. The van der Waals surface area contributed by atoms with Gasteiger partial charge in [-0.2, -0.15) is 0 Å². The van der Waals surface area contributed by atoms with Crippen molar-refractivity contribution in [1.82, 2.24) is 14.3 Å². The van der Waals surface area contributed by atoms with Crippen LogP contribution in [-0.4, -0.2) is 44.5 Å². The lowest BCUT2D eigenvalue weighted by Crippen LogP contribution is -2.38. The van der Waals surface area contributed by atoms with Crippen LogP contribution in [0.1, 0.15) is 42.9 Å². The average Bonchev–Trinajstić information content (AvgIpc) is 2.91. The van der Waals surface area contributed by atoms with Gasteiger partial charge in [0.05, 0.1) is 17.3 Å². The number of rotatable bonds is 4. The second-order valence-corrected chi connectivity index (χ2v) is 6.43. The highest BCUT2D eigenvalue weighted by atomic mass is 16.4. The molecule has 0 amide bonds. The Hall–Kier alpha value is -1.88. The molecule has 3 heterocycles. The molecule has 0 spiro atoms. The summed E-state index contributed by atoms with van der Waals surface area (Å²) in [5.74, 6) is 0.706. The number of hydrogen-bond acceptors (Lipinski definition) is 3. The Bertz CT molecular complexity index is 670. The lowest BCUT2D eigenvalue weighted by atomic mass is 9.92. The minimum Gasteiger partial charge on any atom is -0.478 e. The molecule has 0 saturated carbocycles. The molecule has 1 aliphatic rings. The summed E-state index contributed by atoms with van der Waals surface area (Å²) >= 11 is 0. The highest BCUT2D eigenvalue weighted by molar-refractivity contribution is 5.95. The fourth-order valence-electron chi connectivity index (χ4n) is 3.34. The summed E-state index contributed by atoms with van der Waals surface area (Å²) in [6.07, 6.45) is 6.88. The van der Waals surface area contributed by atoms with Crippen LogP contribution < -0.4 is 0 Å². The van der Waals surface area contributed by atoms with Crippen LogP contribution in [0.25, 0.3) is 5.52 Å². The third-order valence-corrected chi connectivity index (χ3v) is 4.73. The molecular weight excluding hydrogens is 278 g/mol. The molecule has 1 aliphatic heterocycles. The average molecular weight is 301 g/mol. The first kappa shape index (κ1) is 15.0. The van der Waals surface area contributed by atoms with Crippen molar-refractivity contribution < 1.29 is 9.90 Å². The van der Waals surface area contributed by atoms with Crippen LogP contribution in [0.2, 0.25) is 0 Å². The van der Waals surface area contributed by atoms with Gasteiger partial charge in [-0.25, -0.2) is 9.78 Å². The van der Waals surface area contributed by atoms with E-state index in [0.29, 0.717) is 23.0 Å². The van der Waals surface area contributed by atoms with E-state index in [2.05, 4.69) is 23.7 Å². The summed E-state index contributed by atoms with van der Waals surface area (Å²) in [5, 5.41) is 9.25. The minimum atomic E-state index is -0.901. The van der Waals surface area contributed by atoms with Gasteiger partial charge in [-0.1, -0.05) is 0 Å². The number of imidazole rings is 1. The normalized spacial score (nSPS) is 17.4. The Kier molecular flexibility index (Phi) is 4.16. The van der Waals surface area contributed by atoms with Crippen LogP contribution in [0.5, 0.6) is 0 Å². The number of aromatic nitrogens is 2. The molecule has 1 fully saturated rings. The largest absolute Gasteiger partial charge is 0.478 e. The highest BCUT2D eigenvalue weighted by Gasteiger charge is 2.22. The van der Waals surface area contributed by atoms with Crippen molar-refractivity contribution in [2.24, 2.45) is 5.92 Å². The molecule has 0 atom stereocenters. The number of hydrogen-bond donors (Lipinski definition) is 1. The lowest BCUT2D eigenvalue weighted by molar-refractivity contribution is 0.0698. The van der Waals surface area contributed by atoms with Crippen LogP contribution in [0.3, 0.4) is 0 Å². The summed E-state index contributed by atoms with van der Waals surface area (Å²) < 4.78 is 1.93. The molecule has 0 bridgehead atoms. The van der Waals surface area contributed by atoms with Gasteiger partial charge in [0.1, 0.15) is 5.82 Å². The van der Waals surface area contributed by atoms with Gasteiger partial charge in [0.15, 0.2) is 0 Å². The summed E-state index contributed by atoms with van der Waals surface area (Å²) in [7, 11) is 0. The van der Waals surface area contributed by atoms with Crippen LogP contribution in [0.4, 0.5) is 0 Å². The monoisotopic (exact) mass is 301 g/mol. The molecule has 5 nitrogen and oxygen atoms in total. The minimum absolute atomic E-state index is 0.316. The molecule has 0 radical (unpaired) electrons. The summed E-state index contributed by atoms with van der Waals surface area (Å²) in [6, 6.07) is 4.03. The standard InChI is InChI=1S/C17H23N3O2/c1-12(2)19-8-5-13(6-9-19)10-16-18-11-15-14(17(21)22)4-3-7-20(15)16/h3-4,7,11-13H,5-6,8-10H2,1-2H3,(H,21,22). The van der Waals surface area contributed by atoms with Gasteiger partial charge >= 0.3 is 5.97 Å². The van der Waals surface area contributed by atoms with Crippen LogP contribution in [-0.2, 0) is 6.42 Å². The smallest absolute Gasteiger partial charge is 0.337 e. The number of carbonyl (C=O) groups is 1. The number of aromatic carboxylic acids is 1. The second kappa shape index (κ2) is 6.08. The van der Waals surface area contributed by atoms with E-state index in [9.17, 15) is 9.90 Å². The van der Waals surface area contributed by atoms with E-state index in [1.54, 1.807) is 18.3 Å². The van der Waals surface area contributed by atoms with E-state index in [0.717, 1.165) is 25.3 Å². The first-order chi connectivity index (χ1) is 10.6. The van der Waals surface area contributed by atoms with E-state index in [1.807, 2.05) is 10.6 Å². The van der Waals surface area contributed by atoms with Crippen molar-refractivity contribution in [3.8, 4) is 0 Å². The summed E-state index contributed by atoms with van der Waals surface area (Å²) in [6.45, 7) is 6.78. The molecule has 2 aromatic rings. The molecule has 0 aromatic carbocycles. The molecule has 0 aliphatic carbocycles. The van der Waals surface area contributed by atoms with Crippen LogP contribution >= 0.6 is 0 Å². The van der Waals surface area contributed by atoms with Crippen molar-refractivity contribution >= 4 is 11.5 Å². The van der Waals surface area contributed by atoms with Gasteiger partial charge < -0.3 is 14.4 Å². The molecule has 1 N–H and O–H groups in total. The van der Waals surface area contributed by atoms with Crippen LogP contribution in [0, 0.1) is 5.92 Å². The third kappa shape index (κ3) is 2.86. The Morgan fingerprint density at radius 1 is 1.41 bits per heavy atom. The number of carboxylic acid groups (broad SMARTS) is 1. The number of carboxylic acids is 1. The Morgan fingerprint density at radius 3 is 2.77 bits per heavy atom. The second-order valence-electron chi connectivity index (χ2n) is 6.43. The predicted molar refractivity (Wildman–Crippen MR) is 85.3 cm³/mol. The number of nitrogens with zero attached hydrogens (tertiary/aromatic N) is 3. The fourth-order valence-corrected chi connectivity index (χ4v) is 3.34. The van der Waals surface area contributed by atoms with Crippen molar-refractivity contribution in [3.05, 3.63) is 35.9 Å².